The predicted octanol–water partition coefficient (Wildman–Crippen LogP) is 2.26. The summed E-state index contributed by atoms with van der Waals surface area (Å²) in [6.07, 6.45) is 2.17. The zero-order chi connectivity index (χ0) is 18.2. The van der Waals surface area contributed by atoms with Gasteiger partial charge < -0.3 is 20.2 Å². The molecular formula is C15H13F3N4O3. The third kappa shape index (κ3) is 2.90. The SMILES string of the molecule is C[C@]1(c2cc(NC(=O)c3cocn3)ccc2F)N=C(N)OCC1(F)F. The van der Waals surface area contributed by atoms with Gasteiger partial charge in [-0.2, -0.15) is 8.78 Å². The van der Waals surface area contributed by atoms with Gasteiger partial charge in [0.1, 0.15) is 12.1 Å². The van der Waals surface area contributed by atoms with Crippen molar-refractivity contribution in [3.63, 3.8) is 0 Å². The molecule has 0 saturated carbocycles. The van der Waals surface area contributed by atoms with Crippen molar-refractivity contribution in [2.45, 2.75) is 18.4 Å². The number of benzene rings is 1. The van der Waals surface area contributed by atoms with E-state index in [1.807, 2.05) is 0 Å². The fourth-order valence-electron chi connectivity index (χ4n) is 2.39. The van der Waals surface area contributed by atoms with Gasteiger partial charge in [-0.25, -0.2) is 14.4 Å². The van der Waals surface area contributed by atoms with Gasteiger partial charge in [0.25, 0.3) is 11.9 Å². The highest BCUT2D eigenvalue weighted by Gasteiger charge is 2.56. The first kappa shape index (κ1) is 16.8. The standard InChI is InChI=1S/C15H13F3N4O3/c1-14(15(17,18)6-25-13(19)22-14)9-4-8(2-3-10(9)16)21-12(23)11-5-24-7-20-11/h2-5,7H,6H2,1H3,(H2,19,22)(H,21,23)/t14-/m1/s1. The van der Waals surface area contributed by atoms with Gasteiger partial charge in [0.15, 0.2) is 24.2 Å². The van der Waals surface area contributed by atoms with Gasteiger partial charge >= 0.3 is 5.92 Å². The predicted molar refractivity (Wildman–Crippen MR) is 80.7 cm³/mol. The zero-order valence-corrected chi connectivity index (χ0v) is 12.9. The minimum Gasteiger partial charge on any atom is -0.459 e. The van der Waals surface area contributed by atoms with Crippen LogP contribution >= 0.6 is 0 Å². The van der Waals surface area contributed by atoms with Crippen molar-refractivity contribution in [2.24, 2.45) is 10.7 Å². The number of alkyl halides is 2. The largest absolute Gasteiger partial charge is 0.459 e. The van der Waals surface area contributed by atoms with E-state index in [-0.39, 0.29) is 11.4 Å². The number of carbonyl (C=O) groups is 1. The molecule has 1 aromatic carbocycles. The Hall–Kier alpha value is -3.04. The molecule has 1 aliphatic heterocycles. The maximum Gasteiger partial charge on any atom is 0.310 e. The molecule has 0 fully saturated rings. The molecule has 25 heavy (non-hydrogen) atoms. The second kappa shape index (κ2) is 5.80. The van der Waals surface area contributed by atoms with E-state index in [1.54, 1.807) is 0 Å². The van der Waals surface area contributed by atoms with Crippen LogP contribution in [0.25, 0.3) is 0 Å². The van der Waals surface area contributed by atoms with E-state index in [0.717, 1.165) is 31.7 Å². The van der Waals surface area contributed by atoms with Crippen LogP contribution in [0.4, 0.5) is 18.9 Å². The summed E-state index contributed by atoms with van der Waals surface area (Å²) < 4.78 is 52.2. The number of aliphatic imine (C=N–C) groups is 1. The van der Waals surface area contributed by atoms with Crippen LogP contribution in [-0.4, -0.2) is 29.4 Å². The molecule has 1 atom stereocenters. The van der Waals surface area contributed by atoms with Crippen LogP contribution in [-0.2, 0) is 10.3 Å². The molecule has 0 radical (unpaired) electrons. The van der Waals surface area contributed by atoms with Gasteiger partial charge in [-0.3, -0.25) is 4.79 Å². The third-order valence-electron chi connectivity index (χ3n) is 3.86. The van der Waals surface area contributed by atoms with Crippen LogP contribution in [0.3, 0.4) is 0 Å². The Balaban J connectivity index is 1.99. The topological polar surface area (TPSA) is 103 Å². The van der Waals surface area contributed by atoms with Gasteiger partial charge in [0, 0.05) is 11.3 Å². The Morgan fingerprint density at radius 3 is 2.84 bits per heavy atom. The summed E-state index contributed by atoms with van der Waals surface area (Å²) in [7, 11) is 0. The van der Waals surface area contributed by atoms with E-state index in [4.69, 9.17) is 5.73 Å². The van der Waals surface area contributed by atoms with E-state index >= 15 is 0 Å². The molecule has 1 aromatic heterocycles. The molecule has 1 aliphatic rings. The monoisotopic (exact) mass is 354 g/mol. The van der Waals surface area contributed by atoms with Crippen LogP contribution in [0.15, 0.2) is 40.3 Å². The summed E-state index contributed by atoms with van der Waals surface area (Å²) >= 11 is 0. The Bertz CT molecular complexity index is 839. The number of anilines is 1. The maximum atomic E-state index is 14.3. The number of amidine groups is 1. The Labute approximate surface area is 139 Å². The first-order valence-corrected chi connectivity index (χ1v) is 7.08. The first-order chi connectivity index (χ1) is 11.7. The van der Waals surface area contributed by atoms with E-state index in [1.165, 1.54) is 6.07 Å². The maximum absolute atomic E-state index is 14.3. The van der Waals surface area contributed by atoms with Crippen LogP contribution in [0, 0.1) is 5.82 Å². The van der Waals surface area contributed by atoms with Gasteiger partial charge in [-0.15, -0.1) is 0 Å². The molecule has 0 bridgehead atoms. The lowest BCUT2D eigenvalue weighted by Gasteiger charge is -2.37. The third-order valence-corrected chi connectivity index (χ3v) is 3.86. The van der Waals surface area contributed by atoms with Crippen molar-refractivity contribution < 1.29 is 27.1 Å². The van der Waals surface area contributed by atoms with Gasteiger partial charge in [0.05, 0.1) is 0 Å². The fraction of sp³-hybridized carbons (Fsp3) is 0.267. The number of carbonyl (C=O) groups excluding carboxylic acids is 1. The Kier molecular flexibility index (Phi) is 3.90. The summed E-state index contributed by atoms with van der Waals surface area (Å²) in [6, 6.07) is 2.79. The molecule has 1 amide bonds. The number of nitrogens with two attached hydrogens (primary N) is 1. The smallest absolute Gasteiger partial charge is 0.310 e. The number of nitrogens with zero attached hydrogens (tertiary/aromatic N) is 2. The van der Waals surface area contributed by atoms with Gasteiger partial charge in [-0.1, -0.05) is 0 Å². The van der Waals surface area contributed by atoms with Crippen molar-refractivity contribution in [2.75, 3.05) is 11.9 Å². The lowest BCUT2D eigenvalue weighted by Crippen LogP contribution is -2.51. The van der Waals surface area contributed by atoms with Crippen LogP contribution in [0.1, 0.15) is 23.0 Å². The van der Waals surface area contributed by atoms with Crippen LogP contribution in [0.2, 0.25) is 0 Å². The molecule has 2 heterocycles. The second-order valence-corrected chi connectivity index (χ2v) is 5.54. The van der Waals surface area contributed by atoms with Crippen molar-refractivity contribution in [3.8, 4) is 0 Å². The molecule has 0 spiro atoms. The molecule has 7 nitrogen and oxygen atoms in total. The number of rotatable bonds is 3. The normalized spacial score (nSPS) is 22.0. The molecule has 3 rings (SSSR count). The number of amides is 1. The Morgan fingerprint density at radius 2 is 2.16 bits per heavy atom. The zero-order valence-electron chi connectivity index (χ0n) is 12.9. The average Bonchev–Trinajstić information content (AvgIpc) is 3.08. The lowest BCUT2D eigenvalue weighted by atomic mass is 9.85. The number of hydrogen-bond donors (Lipinski definition) is 2. The average molecular weight is 354 g/mol. The van der Waals surface area contributed by atoms with Crippen molar-refractivity contribution in [1.29, 1.82) is 0 Å². The van der Waals surface area contributed by atoms with Gasteiger partial charge in [0.2, 0.25) is 0 Å². The second-order valence-electron chi connectivity index (χ2n) is 5.54. The van der Waals surface area contributed by atoms with Crippen molar-refractivity contribution in [1.82, 2.24) is 4.98 Å². The van der Waals surface area contributed by atoms with Crippen LogP contribution < -0.4 is 11.1 Å². The molecule has 2 aromatic rings. The molecule has 0 aliphatic carbocycles. The number of aromatic nitrogens is 1. The minimum absolute atomic E-state index is 0.0178. The number of hydrogen-bond acceptors (Lipinski definition) is 6. The van der Waals surface area contributed by atoms with E-state index < -0.39 is 41.4 Å². The molecular weight excluding hydrogens is 341 g/mol. The molecule has 0 saturated heterocycles. The van der Waals surface area contributed by atoms with E-state index in [9.17, 15) is 18.0 Å². The summed E-state index contributed by atoms with van der Waals surface area (Å²) in [6.45, 7) is 0.0117. The Morgan fingerprint density at radius 1 is 1.40 bits per heavy atom. The molecule has 132 valence electrons. The lowest BCUT2D eigenvalue weighted by molar-refractivity contribution is -0.117. The molecule has 3 N–H and O–H groups in total. The number of nitrogens with one attached hydrogen (secondary N) is 1. The quantitative estimate of drug-likeness (QED) is 0.880. The molecule has 10 heteroatoms. The highest BCUT2D eigenvalue weighted by molar-refractivity contribution is 6.02. The van der Waals surface area contributed by atoms with Crippen molar-refractivity contribution >= 4 is 17.6 Å². The summed E-state index contributed by atoms with van der Waals surface area (Å²) in [4.78, 5) is 19.2. The summed E-state index contributed by atoms with van der Waals surface area (Å²) in [5.74, 6) is -5.07. The highest BCUT2D eigenvalue weighted by Crippen LogP contribution is 2.44. The number of ether oxygens (including phenoxy) is 1. The van der Waals surface area contributed by atoms with Crippen LogP contribution in [0.5, 0.6) is 0 Å². The van der Waals surface area contributed by atoms with E-state index in [0.29, 0.717) is 0 Å². The first-order valence-electron chi connectivity index (χ1n) is 7.08. The van der Waals surface area contributed by atoms with Crippen molar-refractivity contribution in [3.05, 3.63) is 47.9 Å². The van der Waals surface area contributed by atoms with Gasteiger partial charge in [-0.05, 0) is 25.1 Å². The molecule has 0 unspecified atom stereocenters. The number of oxazole rings is 1. The minimum atomic E-state index is -3.51. The fourth-order valence-corrected chi connectivity index (χ4v) is 2.39. The van der Waals surface area contributed by atoms with E-state index in [2.05, 4.69) is 24.4 Å². The summed E-state index contributed by atoms with van der Waals surface area (Å²) in [5, 5.41) is 2.42. The number of halogens is 3. The summed E-state index contributed by atoms with van der Waals surface area (Å²) in [5.41, 5.74) is 2.74. The highest BCUT2D eigenvalue weighted by atomic mass is 19.3.